The lowest BCUT2D eigenvalue weighted by atomic mass is 10.0. The van der Waals surface area contributed by atoms with Crippen molar-refractivity contribution < 1.29 is 4.74 Å². The van der Waals surface area contributed by atoms with E-state index in [-0.39, 0.29) is 0 Å². The molecule has 92 valence electrons. The molecule has 0 aromatic heterocycles. The maximum atomic E-state index is 5.26. The third-order valence-corrected chi connectivity index (χ3v) is 2.92. The molecule has 1 atom stereocenters. The van der Waals surface area contributed by atoms with E-state index in [9.17, 15) is 0 Å². The minimum atomic E-state index is 0.497. The summed E-state index contributed by atoms with van der Waals surface area (Å²) in [7, 11) is 3.69. The smallest absolute Gasteiger partial charge is 0.118 e. The molecule has 0 aliphatic heterocycles. The molecule has 2 nitrogen and oxygen atoms in total. The number of hydrogen-bond donors (Lipinski definition) is 1. The Kier molecular flexibility index (Phi) is 6.21. The second-order valence-corrected chi connectivity index (χ2v) is 4.13. The third-order valence-electron chi connectivity index (χ3n) is 2.92. The molecule has 0 fully saturated rings. The van der Waals surface area contributed by atoms with Crippen LogP contribution in [0.15, 0.2) is 24.3 Å². The van der Waals surface area contributed by atoms with Crippen LogP contribution in [-0.4, -0.2) is 20.2 Å². The molecule has 2 heteroatoms. The van der Waals surface area contributed by atoms with Crippen molar-refractivity contribution in [2.24, 2.45) is 0 Å². The van der Waals surface area contributed by atoms with Crippen LogP contribution in [0.2, 0.25) is 0 Å². The average Bonchev–Trinajstić information content (AvgIpc) is 2.38. The molecule has 1 N–H and O–H groups in total. The van der Waals surface area contributed by atoms with Gasteiger partial charge in [-0.3, -0.25) is 0 Å². The molecule has 0 heterocycles. The fourth-order valence-electron chi connectivity index (χ4n) is 1.85. The lowest BCUT2D eigenvalue weighted by Gasteiger charge is -2.15. The zero-order valence-electron chi connectivity index (χ0n) is 10.7. The van der Waals surface area contributed by atoms with Crippen LogP contribution in [0.3, 0.4) is 0 Å². The number of nitrogens with one attached hydrogen (secondary N) is 1. The second-order valence-electron chi connectivity index (χ2n) is 4.13. The lowest BCUT2D eigenvalue weighted by Crippen LogP contribution is -2.27. The van der Waals surface area contributed by atoms with E-state index in [1.165, 1.54) is 5.56 Å². The topological polar surface area (TPSA) is 21.3 Å². The summed E-state index contributed by atoms with van der Waals surface area (Å²) in [5.41, 5.74) is 1.32. The van der Waals surface area contributed by atoms with Crippen LogP contribution in [-0.2, 0) is 6.42 Å². The molecule has 17 heavy (non-hydrogen) atoms. The quantitative estimate of drug-likeness (QED) is 0.575. The molecule has 0 spiro atoms. The Morgan fingerprint density at radius 1 is 1.35 bits per heavy atom. The van der Waals surface area contributed by atoms with E-state index in [0.717, 1.165) is 31.4 Å². The lowest BCUT2D eigenvalue weighted by molar-refractivity contribution is 0.414. The summed E-state index contributed by atoms with van der Waals surface area (Å²) in [6.07, 6.45) is 9.35. The number of hydrogen-bond acceptors (Lipinski definition) is 2. The van der Waals surface area contributed by atoms with Crippen LogP contribution in [0.25, 0.3) is 0 Å². The Labute approximate surface area is 104 Å². The van der Waals surface area contributed by atoms with E-state index >= 15 is 0 Å². The van der Waals surface area contributed by atoms with Gasteiger partial charge in [0.05, 0.1) is 7.11 Å². The van der Waals surface area contributed by atoms with Crippen molar-refractivity contribution >= 4 is 0 Å². The number of unbranched alkanes of at least 4 members (excludes halogenated alkanes) is 1. The van der Waals surface area contributed by atoms with Crippen molar-refractivity contribution in [2.45, 2.75) is 31.7 Å². The van der Waals surface area contributed by atoms with Crippen LogP contribution >= 0.6 is 0 Å². The van der Waals surface area contributed by atoms with Crippen LogP contribution < -0.4 is 10.1 Å². The maximum Gasteiger partial charge on any atom is 0.118 e. The van der Waals surface area contributed by atoms with Crippen molar-refractivity contribution in [2.75, 3.05) is 14.2 Å². The Morgan fingerprint density at radius 3 is 2.59 bits per heavy atom. The molecule has 1 aromatic carbocycles. The van der Waals surface area contributed by atoms with Crippen LogP contribution in [0.5, 0.6) is 5.75 Å². The summed E-state index contributed by atoms with van der Waals surface area (Å²) >= 11 is 0. The molecule has 0 amide bonds. The van der Waals surface area contributed by atoms with E-state index in [0.29, 0.717) is 6.04 Å². The number of likely N-dealkylation sites (N-methyl/N-ethyl adjacent to an activating group) is 1. The van der Waals surface area contributed by atoms with Crippen LogP contribution in [0.1, 0.15) is 24.8 Å². The van der Waals surface area contributed by atoms with E-state index in [1.807, 2.05) is 19.2 Å². The van der Waals surface area contributed by atoms with Gasteiger partial charge in [-0.05, 0) is 44.0 Å². The molecule has 1 rings (SSSR count). The zero-order valence-corrected chi connectivity index (χ0v) is 10.7. The van der Waals surface area contributed by atoms with Gasteiger partial charge in [0.1, 0.15) is 5.75 Å². The van der Waals surface area contributed by atoms with Crippen molar-refractivity contribution in [3.8, 4) is 18.1 Å². The van der Waals surface area contributed by atoms with E-state index in [1.54, 1.807) is 7.11 Å². The summed E-state index contributed by atoms with van der Waals surface area (Å²) in [6, 6.07) is 8.73. The van der Waals surface area contributed by atoms with E-state index in [2.05, 4.69) is 23.4 Å². The monoisotopic (exact) mass is 231 g/mol. The first-order valence-electron chi connectivity index (χ1n) is 6.03. The number of rotatable bonds is 7. The molecule has 0 saturated carbocycles. The summed E-state index contributed by atoms with van der Waals surface area (Å²) in [5.74, 6) is 3.59. The normalized spacial score (nSPS) is 11.8. The molecular formula is C15H21NO. The standard InChI is InChI=1S/C15H21NO/c1-4-5-6-7-14(16-2)12-13-8-10-15(17-3)11-9-13/h1,8-11,14,16H,5-7,12H2,2-3H3. The fraction of sp³-hybridized carbons (Fsp3) is 0.467. The molecule has 0 aliphatic rings. The van der Waals surface area contributed by atoms with Crippen molar-refractivity contribution in [3.05, 3.63) is 29.8 Å². The van der Waals surface area contributed by atoms with Gasteiger partial charge in [0, 0.05) is 12.5 Å². The largest absolute Gasteiger partial charge is 0.497 e. The highest BCUT2D eigenvalue weighted by Gasteiger charge is 2.06. The SMILES string of the molecule is C#CCCCC(Cc1ccc(OC)cc1)NC. The molecule has 0 bridgehead atoms. The molecule has 1 aromatic rings. The fourth-order valence-corrected chi connectivity index (χ4v) is 1.85. The van der Waals surface area contributed by atoms with Gasteiger partial charge in [-0.25, -0.2) is 0 Å². The number of ether oxygens (including phenoxy) is 1. The van der Waals surface area contributed by atoms with E-state index in [4.69, 9.17) is 11.2 Å². The van der Waals surface area contributed by atoms with Gasteiger partial charge in [-0.15, -0.1) is 12.3 Å². The average molecular weight is 231 g/mol. The van der Waals surface area contributed by atoms with Gasteiger partial charge < -0.3 is 10.1 Å². The number of benzene rings is 1. The Bertz CT molecular complexity index is 350. The summed E-state index contributed by atoms with van der Waals surface area (Å²) in [4.78, 5) is 0. The van der Waals surface area contributed by atoms with Gasteiger partial charge >= 0.3 is 0 Å². The molecule has 0 aliphatic carbocycles. The van der Waals surface area contributed by atoms with Crippen molar-refractivity contribution in [3.63, 3.8) is 0 Å². The minimum absolute atomic E-state index is 0.497. The van der Waals surface area contributed by atoms with Gasteiger partial charge in [-0.1, -0.05) is 12.1 Å². The van der Waals surface area contributed by atoms with Gasteiger partial charge in [0.15, 0.2) is 0 Å². The predicted octanol–water partition coefficient (Wildman–Crippen LogP) is 2.63. The zero-order chi connectivity index (χ0) is 12.5. The van der Waals surface area contributed by atoms with Crippen molar-refractivity contribution in [1.29, 1.82) is 0 Å². The Balaban J connectivity index is 2.46. The molecule has 1 unspecified atom stereocenters. The van der Waals surface area contributed by atoms with E-state index < -0.39 is 0 Å². The highest BCUT2D eigenvalue weighted by molar-refractivity contribution is 5.27. The summed E-state index contributed by atoms with van der Waals surface area (Å²) < 4.78 is 5.14. The Morgan fingerprint density at radius 2 is 2.06 bits per heavy atom. The van der Waals surface area contributed by atoms with Crippen molar-refractivity contribution in [1.82, 2.24) is 5.32 Å². The van der Waals surface area contributed by atoms with Gasteiger partial charge in [0.2, 0.25) is 0 Å². The minimum Gasteiger partial charge on any atom is -0.497 e. The second kappa shape index (κ2) is 7.76. The van der Waals surface area contributed by atoms with Gasteiger partial charge in [-0.2, -0.15) is 0 Å². The highest BCUT2D eigenvalue weighted by Crippen LogP contribution is 2.14. The molecule has 0 radical (unpaired) electrons. The van der Waals surface area contributed by atoms with Crippen LogP contribution in [0.4, 0.5) is 0 Å². The number of terminal acetylenes is 1. The predicted molar refractivity (Wildman–Crippen MR) is 72.2 cm³/mol. The number of methoxy groups -OCH3 is 1. The third kappa shape index (κ3) is 4.93. The first-order chi connectivity index (χ1) is 8.30. The Hall–Kier alpha value is -1.46. The summed E-state index contributed by atoms with van der Waals surface area (Å²) in [6.45, 7) is 0. The first kappa shape index (κ1) is 13.6. The molecule has 0 saturated heterocycles. The van der Waals surface area contributed by atoms with Crippen LogP contribution in [0, 0.1) is 12.3 Å². The molecular weight excluding hydrogens is 210 g/mol. The highest BCUT2D eigenvalue weighted by atomic mass is 16.5. The van der Waals surface area contributed by atoms with Gasteiger partial charge in [0.25, 0.3) is 0 Å². The maximum absolute atomic E-state index is 5.26. The summed E-state index contributed by atoms with van der Waals surface area (Å²) in [5, 5.41) is 3.34. The first-order valence-corrected chi connectivity index (χ1v) is 6.03.